The molecule has 41 heavy (non-hydrogen) atoms. The van der Waals surface area contributed by atoms with Gasteiger partial charge in [0.05, 0.1) is 11.9 Å². The van der Waals surface area contributed by atoms with Gasteiger partial charge in [-0.2, -0.15) is 0 Å². The molecule has 216 valence electrons. The Balaban J connectivity index is 1.53. The summed E-state index contributed by atoms with van der Waals surface area (Å²) in [6.07, 6.45) is 3.93. The molecule has 1 heterocycles. The molecule has 0 atom stereocenters. The van der Waals surface area contributed by atoms with Crippen molar-refractivity contribution in [2.75, 3.05) is 18.4 Å². The number of nitrogens with zero attached hydrogens (tertiary/aromatic N) is 1. The fraction of sp³-hybridized carbons (Fsp3) is 0.412. The van der Waals surface area contributed by atoms with Gasteiger partial charge in [0.1, 0.15) is 0 Å². The lowest BCUT2D eigenvalue weighted by Gasteiger charge is -2.21. The molecular formula is C34H42N4O3. The second kappa shape index (κ2) is 11.9. The minimum Gasteiger partial charge on any atom is -0.352 e. The zero-order valence-corrected chi connectivity index (χ0v) is 25.3. The third-order valence-electron chi connectivity index (χ3n) is 7.15. The molecule has 0 spiro atoms. The largest absolute Gasteiger partial charge is 0.352 e. The lowest BCUT2D eigenvalue weighted by Crippen LogP contribution is -2.32. The summed E-state index contributed by atoms with van der Waals surface area (Å²) in [6, 6.07) is 14.6. The van der Waals surface area contributed by atoms with Crippen LogP contribution in [0.1, 0.15) is 96.7 Å². The zero-order valence-electron chi connectivity index (χ0n) is 25.3. The minimum atomic E-state index is -0.310. The number of carbonyl (C=O) groups is 3. The Morgan fingerprint density at radius 3 is 2.00 bits per heavy atom. The number of nitrogens with one attached hydrogen (secondary N) is 3. The topological polar surface area (TPSA) is 100 Å². The van der Waals surface area contributed by atoms with Crippen molar-refractivity contribution in [2.45, 2.75) is 66.7 Å². The summed E-state index contributed by atoms with van der Waals surface area (Å²) in [7, 11) is 0. The van der Waals surface area contributed by atoms with Gasteiger partial charge in [0.15, 0.2) is 0 Å². The molecule has 0 aliphatic heterocycles. The molecule has 1 aliphatic carbocycles. The summed E-state index contributed by atoms with van der Waals surface area (Å²) in [4.78, 5) is 43.4. The molecule has 3 amide bonds. The van der Waals surface area contributed by atoms with Gasteiger partial charge in [-0.25, -0.2) is 0 Å². The minimum absolute atomic E-state index is 0.00134. The fourth-order valence-electron chi connectivity index (χ4n) is 4.33. The van der Waals surface area contributed by atoms with Crippen molar-refractivity contribution in [3.63, 3.8) is 0 Å². The van der Waals surface area contributed by atoms with Gasteiger partial charge >= 0.3 is 0 Å². The van der Waals surface area contributed by atoms with Gasteiger partial charge in [0, 0.05) is 41.0 Å². The number of pyridine rings is 1. The van der Waals surface area contributed by atoms with Gasteiger partial charge in [-0.1, -0.05) is 53.7 Å². The Labute approximate surface area is 243 Å². The monoisotopic (exact) mass is 554 g/mol. The summed E-state index contributed by atoms with van der Waals surface area (Å²) in [5, 5.41) is 8.94. The third-order valence-corrected chi connectivity index (χ3v) is 7.15. The average molecular weight is 555 g/mol. The Morgan fingerprint density at radius 1 is 0.805 bits per heavy atom. The number of aromatic nitrogens is 1. The molecule has 0 bridgehead atoms. The van der Waals surface area contributed by atoms with Crippen LogP contribution in [0.25, 0.3) is 11.1 Å². The molecule has 1 aliphatic rings. The van der Waals surface area contributed by atoms with E-state index >= 15 is 0 Å². The lowest BCUT2D eigenvalue weighted by atomic mass is 9.85. The first-order chi connectivity index (χ1) is 19.2. The maximum Gasteiger partial charge on any atom is 0.255 e. The molecule has 2 aromatic carbocycles. The van der Waals surface area contributed by atoms with E-state index in [1.807, 2.05) is 37.3 Å². The van der Waals surface area contributed by atoms with Gasteiger partial charge in [-0.05, 0) is 84.0 Å². The number of amides is 3. The quantitative estimate of drug-likeness (QED) is 0.295. The maximum atomic E-state index is 13.4. The van der Waals surface area contributed by atoms with Gasteiger partial charge in [0.2, 0.25) is 0 Å². The second-order valence-corrected chi connectivity index (χ2v) is 13.3. The normalized spacial score (nSPS) is 13.4. The van der Waals surface area contributed by atoms with Crippen molar-refractivity contribution < 1.29 is 14.4 Å². The first-order valence-electron chi connectivity index (χ1n) is 14.3. The first-order valence-corrected chi connectivity index (χ1v) is 14.3. The molecule has 4 rings (SSSR count). The Bertz CT molecular complexity index is 1440. The SMILES string of the molecule is Cc1ncc(NC(=O)c2cc(C(=O)NCC3CC3)cc(C(C)(C)C)c2)cc1-c1ccc(C(=O)NCC(C)(C)C)cc1. The van der Waals surface area contributed by atoms with Gasteiger partial charge in [-0.15, -0.1) is 0 Å². The van der Waals surface area contributed by atoms with E-state index in [1.54, 1.807) is 24.4 Å². The Kier molecular flexibility index (Phi) is 8.66. The molecule has 0 radical (unpaired) electrons. The van der Waals surface area contributed by atoms with E-state index in [4.69, 9.17) is 0 Å². The molecule has 7 nitrogen and oxygen atoms in total. The predicted molar refractivity (Wildman–Crippen MR) is 164 cm³/mol. The van der Waals surface area contributed by atoms with E-state index < -0.39 is 0 Å². The fourth-order valence-corrected chi connectivity index (χ4v) is 4.33. The van der Waals surface area contributed by atoms with Crippen LogP contribution in [0.4, 0.5) is 5.69 Å². The van der Waals surface area contributed by atoms with E-state index in [9.17, 15) is 14.4 Å². The van der Waals surface area contributed by atoms with E-state index in [0.717, 1.165) is 35.2 Å². The van der Waals surface area contributed by atoms with Crippen LogP contribution in [-0.2, 0) is 5.41 Å². The maximum absolute atomic E-state index is 13.4. The van der Waals surface area contributed by atoms with Crippen LogP contribution in [0.5, 0.6) is 0 Å². The van der Waals surface area contributed by atoms with Crippen LogP contribution < -0.4 is 16.0 Å². The zero-order chi connectivity index (χ0) is 29.9. The molecule has 0 unspecified atom stereocenters. The summed E-state index contributed by atoms with van der Waals surface area (Å²) in [5.74, 6) is -0.0142. The summed E-state index contributed by atoms with van der Waals surface area (Å²) < 4.78 is 0. The molecular weight excluding hydrogens is 512 g/mol. The lowest BCUT2D eigenvalue weighted by molar-refractivity contribution is 0.0935. The summed E-state index contributed by atoms with van der Waals surface area (Å²) in [5.41, 5.74) is 5.26. The summed E-state index contributed by atoms with van der Waals surface area (Å²) in [6.45, 7) is 15.6. The molecule has 7 heteroatoms. The van der Waals surface area contributed by atoms with Crippen molar-refractivity contribution in [3.8, 4) is 11.1 Å². The number of hydrogen-bond donors (Lipinski definition) is 3. The highest BCUT2D eigenvalue weighted by atomic mass is 16.2. The summed E-state index contributed by atoms with van der Waals surface area (Å²) >= 11 is 0. The van der Waals surface area contributed by atoms with Crippen LogP contribution in [-0.4, -0.2) is 35.8 Å². The predicted octanol–water partition coefficient (Wildman–Crippen LogP) is 6.52. The van der Waals surface area contributed by atoms with Gasteiger partial charge in [0.25, 0.3) is 17.7 Å². The smallest absolute Gasteiger partial charge is 0.255 e. The van der Waals surface area contributed by atoms with E-state index in [0.29, 0.717) is 41.4 Å². The molecule has 3 aromatic rings. The highest BCUT2D eigenvalue weighted by Gasteiger charge is 2.24. The van der Waals surface area contributed by atoms with E-state index in [2.05, 4.69) is 62.5 Å². The number of carbonyl (C=O) groups excluding carboxylic acids is 3. The van der Waals surface area contributed by atoms with Crippen LogP contribution in [0.2, 0.25) is 0 Å². The number of anilines is 1. The number of rotatable bonds is 8. The van der Waals surface area contributed by atoms with Crippen molar-refractivity contribution in [3.05, 3.63) is 82.7 Å². The number of benzene rings is 2. The first kappa shape index (κ1) is 30.0. The van der Waals surface area contributed by atoms with Crippen LogP contribution >= 0.6 is 0 Å². The third kappa shape index (κ3) is 8.26. The van der Waals surface area contributed by atoms with Crippen LogP contribution in [0.3, 0.4) is 0 Å². The van der Waals surface area contributed by atoms with Crippen molar-refractivity contribution in [1.29, 1.82) is 0 Å². The second-order valence-electron chi connectivity index (χ2n) is 13.3. The van der Waals surface area contributed by atoms with E-state index in [1.165, 1.54) is 0 Å². The van der Waals surface area contributed by atoms with Crippen molar-refractivity contribution in [1.82, 2.24) is 15.6 Å². The number of hydrogen-bond acceptors (Lipinski definition) is 4. The Morgan fingerprint density at radius 2 is 1.41 bits per heavy atom. The Hall–Kier alpha value is -4.00. The van der Waals surface area contributed by atoms with Crippen LogP contribution in [0.15, 0.2) is 54.7 Å². The average Bonchev–Trinajstić information content (AvgIpc) is 3.75. The van der Waals surface area contributed by atoms with Gasteiger partial charge < -0.3 is 16.0 Å². The highest BCUT2D eigenvalue weighted by molar-refractivity contribution is 6.06. The van der Waals surface area contributed by atoms with Crippen molar-refractivity contribution in [2.24, 2.45) is 11.3 Å². The van der Waals surface area contributed by atoms with Gasteiger partial charge in [-0.3, -0.25) is 19.4 Å². The molecule has 1 saturated carbocycles. The van der Waals surface area contributed by atoms with Crippen LogP contribution in [0, 0.1) is 18.3 Å². The molecule has 1 aromatic heterocycles. The molecule has 3 N–H and O–H groups in total. The molecule has 1 fully saturated rings. The standard InChI is InChI=1S/C34H42N4O3/c1-21-29(23-10-12-24(13-11-23)30(39)37-20-33(2,3)4)17-28(19-35-21)38-32(41)26-14-25(15-27(16-26)34(5,6)7)31(40)36-18-22-8-9-22/h10-17,19,22H,8-9,18,20H2,1-7H3,(H,36,40)(H,37,39)(H,38,41). The van der Waals surface area contributed by atoms with E-state index in [-0.39, 0.29) is 28.6 Å². The molecule has 0 saturated heterocycles. The van der Waals surface area contributed by atoms with Crippen molar-refractivity contribution >= 4 is 23.4 Å². The highest BCUT2D eigenvalue weighted by Crippen LogP contribution is 2.29. The number of aryl methyl sites for hydroxylation is 1.